The van der Waals surface area contributed by atoms with Crippen LogP contribution < -0.4 is 0 Å². The molecule has 0 aromatic heterocycles. The standard InChI is InChI=1S/C15H14O2S2/c1-15(2,17)13-9(16)7-8-12-14(13)19-11-6-4-3-5-10(11)18-12/h3-8,16-17H,1-2H3. The van der Waals surface area contributed by atoms with E-state index >= 15 is 0 Å². The summed E-state index contributed by atoms with van der Waals surface area (Å²) in [7, 11) is 0. The van der Waals surface area contributed by atoms with Crippen molar-refractivity contribution >= 4 is 23.5 Å². The normalized spacial score (nSPS) is 13.8. The summed E-state index contributed by atoms with van der Waals surface area (Å²) >= 11 is 3.29. The third-order valence-electron chi connectivity index (χ3n) is 2.99. The van der Waals surface area contributed by atoms with Gasteiger partial charge in [-0.1, -0.05) is 35.7 Å². The van der Waals surface area contributed by atoms with Gasteiger partial charge in [-0.25, -0.2) is 0 Å². The first-order chi connectivity index (χ1) is 8.97. The van der Waals surface area contributed by atoms with Crippen LogP contribution in [0.15, 0.2) is 56.0 Å². The highest BCUT2D eigenvalue weighted by atomic mass is 32.2. The molecule has 0 fully saturated rings. The summed E-state index contributed by atoms with van der Waals surface area (Å²) in [5.41, 5.74) is -0.452. The highest BCUT2D eigenvalue weighted by Crippen LogP contribution is 2.53. The number of rotatable bonds is 1. The maximum Gasteiger partial charge on any atom is 0.122 e. The van der Waals surface area contributed by atoms with Crippen LogP contribution in [0.3, 0.4) is 0 Å². The Hall–Kier alpha value is -1.10. The lowest BCUT2D eigenvalue weighted by Gasteiger charge is -2.27. The average Bonchev–Trinajstić information content (AvgIpc) is 2.34. The summed E-state index contributed by atoms with van der Waals surface area (Å²) in [5, 5.41) is 20.4. The van der Waals surface area contributed by atoms with Crippen LogP contribution in [0.25, 0.3) is 0 Å². The molecule has 1 aliphatic rings. The monoisotopic (exact) mass is 290 g/mol. The summed E-state index contributed by atoms with van der Waals surface area (Å²) < 4.78 is 0. The zero-order valence-electron chi connectivity index (χ0n) is 10.7. The van der Waals surface area contributed by atoms with Gasteiger partial charge in [0, 0.05) is 25.1 Å². The Kier molecular flexibility index (Phi) is 3.04. The Morgan fingerprint density at radius 1 is 0.895 bits per heavy atom. The number of benzene rings is 2. The van der Waals surface area contributed by atoms with Crippen LogP contribution in [-0.2, 0) is 5.60 Å². The zero-order valence-corrected chi connectivity index (χ0v) is 12.3. The van der Waals surface area contributed by atoms with Crippen LogP contribution in [0.5, 0.6) is 5.75 Å². The molecule has 1 aliphatic heterocycles. The van der Waals surface area contributed by atoms with Gasteiger partial charge >= 0.3 is 0 Å². The van der Waals surface area contributed by atoms with Crippen molar-refractivity contribution in [3.8, 4) is 5.75 Å². The van der Waals surface area contributed by atoms with E-state index < -0.39 is 5.60 Å². The second-order valence-corrected chi connectivity index (χ2v) is 7.13. The molecule has 0 saturated heterocycles. The van der Waals surface area contributed by atoms with Gasteiger partial charge in [-0.05, 0) is 38.1 Å². The average molecular weight is 290 g/mol. The van der Waals surface area contributed by atoms with E-state index in [2.05, 4.69) is 12.1 Å². The van der Waals surface area contributed by atoms with Crippen molar-refractivity contribution < 1.29 is 10.2 Å². The van der Waals surface area contributed by atoms with Gasteiger partial charge in [-0.2, -0.15) is 0 Å². The molecule has 2 N–H and O–H groups in total. The first kappa shape index (κ1) is 12.9. The number of phenols is 1. The molecule has 0 amide bonds. The predicted molar refractivity (Wildman–Crippen MR) is 78.0 cm³/mol. The molecular formula is C15H14O2S2. The minimum Gasteiger partial charge on any atom is -0.508 e. The fourth-order valence-corrected chi connectivity index (χ4v) is 4.72. The summed E-state index contributed by atoms with van der Waals surface area (Å²) in [4.78, 5) is 4.42. The minimum atomic E-state index is -1.06. The van der Waals surface area contributed by atoms with Crippen LogP contribution in [0.1, 0.15) is 19.4 Å². The Morgan fingerprint density at radius 3 is 2.16 bits per heavy atom. The van der Waals surface area contributed by atoms with Crippen molar-refractivity contribution in [2.45, 2.75) is 39.0 Å². The Balaban J connectivity index is 2.19. The molecule has 0 saturated carbocycles. The Morgan fingerprint density at radius 2 is 1.53 bits per heavy atom. The molecule has 2 nitrogen and oxygen atoms in total. The van der Waals surface area contributed by atoms with Crippen molar-refractivity contribution in [3.05, 3.63) is 42.0 Å². The molecule has 3 rings (SSSR count). The molecule has 0 bridgehead atoms. The lowest BCUT2D eigenvalue weighted by Crippen LogP contribution is -2.17. The number of hydrogen-bond acceptors (Lipinski definition) is 4. The summed E-state index contributed by atoms with van der Waals surface area (Å²) in [6.07, 6.45) is 0. The maximum atomic E-state index is 10.3. The van der Waals surface area contributed by atoms with E-state index in [9.17, 15) is 10.2 Å². The van der Waals surface area contributed by atoms with Crippen LogP contribution in [0.4, 0.5) is 0 Å². The van der Waals surface area contributed by atoms with Crippen molar-refractivity contribution in [1.82, 2.24) is 0 Å². The summed E-state index contributed by atoms with van der Waals surface area (Å²) in [6.45, 7) is 3.40. The molecule has 4 heteroatoms. The van der Waals surface area contributed by atoms with E-state index in [-0.39, 0.29) is 5.75 Å². The highest BCUT2D eigenvalue weighted by Gasteiger charge is 2.29. The van der Waals surface area contributed by atoms with Crippen LogP contribution >= 0.6 is 23.5 Å². The van der Waals surface area contributed by atoms with E-state index in [0.29, 0.717) is 5.56 Å². The first-order valence-corrected chi connectivity index (χ1v) is 7.63. The van der Waals surface area contributed by atoms with Gasteiger partial charge < -0.3 is 10.2 Å². The molecule has 2 aromatic rings. The second kappa shape index (κ2) is 4.47. The van der Waals surface area contributed by atoms with Crippen molar-refractivity contribution in [3.63, 3.8) is 0 Å². The maximum absolute atomic E-state index is 10.3. The summed E-state index contributed by atoms with van der Waals surface area (Å²) in [6, 6.07) is 11.8. The highest BCUT2D eigenvalue weighted by molar-refractivity contribution is 8.05. The number of hydrogen-bond donors (Lipinski definition) is 2. The quantitative estimate of drug-likeness (QED) is 0.703. The van der Waals surface area contributed by atoms with Crippen molar-refractivity contribution in [2.75, 3.05) is 0 Å². The second-order valence-electron chi connectivity index (χ2n) is 5.00. The van der Waals surface area contributed by atoms with Crippen molar-refractivity contribution in [1.29, 1.82) is 0 Å². The number of aromatic hydroxyl groups is 1. The predicted octanol–water partition coefficient (Wildman–Crippen LogP) is 4.24. The molecule has 1 heterocycles. The third kappa shape index (κ3) is 2.24. The summed E-state index contributed by atoms with van der Waals surface area (Å²) in [5.74, 6) is 0.152. The number of phenolic OH excluding ortho intramolecular Hbond substituents is 1. The molecule has 2 aromatic carbocycles. The molecule has 0 unspecified atom stereocenters. The van der Waals surface area contributed by atoms with Gasteiger partial charge in [-0.15, -0.1) is 0 Å². The number of fused-ring (bicyclic) bond motifs is 2. The fraction of sp³-hybridized carbons (Fsp3) is 0.200. The van der Waals surface area contributed by atoms with Crippen LogP contribution in [-0.4, -0.2) is 10.2 Å². The molecular weight excluding hydrogens is 276 g/mol. The largest absolute Gasteiger partial charge is 0.508 e. The first-order valence-electron chi connectivity index (χ1n) is 6.00. The SMILES string of the molecule is CC(C)(O)c1c(O)ccc2c1Sc1ccccc1S2. The topological polar surface area (TPSA) is 40.5 Å². The van der Waals surface area contributed by atoms with Crippen LogP contribution in [0, 0.1) is 0 Å². The number of aliphatic hydroxyl groups is 1. The molecule has 0 aliphatic carbocycles. The Bertz CT molecular complexity index is 645. The van der Waals surface area contributed by atoms with E-state index in [4.69, 9.17) is 0 Å². The molecule has 0 radical (unpaired) electrons. The van der Waals surface area contributed by atoms with Crippen LogP contribution in [0.2, 0.25) is 0 Å². The smallest absolute Gasteiger partial charge is 0.122 e. The Labute approximate surface area is 120 Å². The zero-order chi connectivity index (χ0) is 13.6. The molecule has 19 heavy (non-hydrogen) atoms. The molecule has 0 spiro atoms. The van der Waals surface area contributed by atoms with Gasteiger partial charge in [0.2, 0.25) is 0 Å². The van der Waals surface area contributed by atoms with Gasteiger partial charge in [0.1, 0.15) is 5.75 Å². The fourth-order valence-electron chi connectivity index (χ4n) is 2.17. The van der Waals surface area contributed by atoms with E-state index in [0.717, 1.165) is 14.7 Å². The minimum absolute atomic E-state index is 0.152. The van der Waals surface area contributed by atoms with E-state index in [1.165, 1.54) is 4.90 Å². The van der Waals surface area contributed by atoms with E-state index in [1.54, 1.807) is 43.4 Å². The van der Waals surface area contributed by atoms with Gasteiger partial charge in [-0.3, -0.25) is 0 Å². The molecule has 0 atom stereocenters. The van der Waals surface area contributed by atoms with Gasteiger partial charge in [0.25, 0.3) is 0 Å². The lowest BCUT2D eigenvalue weighted by molar-refractivity contribution is 0.0724. The van der Waals surface area contributed by atoms with Crippen molar-refractivity contribution in [2.24, 2.45) is 0 Å². The van der Waals surface area contributed by atoms with Gasteiger partial charge in [0.05, 0.1) is 5.60 Å². The lowest BCUT2D eigenvalue weighted by atomic mass is 9.97. The van der Waals surface area contributed by atoms with E-state index in [1.807, 2.05) is 18.2 Å². The molecule has 98 valence electrons. The third-order valence-corrected chi connectivity index (χ3v) is 5.59. The van der Waals surface area contributed by atoms with Gasteiger partial charge in [0.15, 0.2) is 0 Å².